The first kappa shape index (κ1) is 13.9. The first-order valence-corrected chi connectivity index (χ1v) is 7.45. The number of benzene rings is 1. The van der Waals surface area contributed by atoms with E-state index < -0.39 is 0 Å². The van der Waals surface area contributed by atoms with Crippen molar-refractivity contribution in [3.05, 3.63) is 42.0 Å². The van der Waals surface area contributed by atoms with Crippen LogP contribution in [0.15, 0.2) is 30.7 Å². The van der Waals surface area contributed by atoms with Crippen molar-refractivity contribution in [2.24, 2.45) is 0 Å². The Balaban J connectivity index is 1.63. The van der Waals surface area contributed by atoms with Gasteiger partial charge >= 0.3 is 0 Å². The predicted molar refractivity (Wildman–Crippen MR) is 80.7 cm³/mol. The molecular formula is C16H21N3O2. The number of aromatic nitrogens is 2. The third-order valence-corrected chi connectivity index (χ3v) is 3.60. The molecule has 112 valence electrons. The highest BCUT2D eigenvalue weighted by Crippen LogP contribution is 2.30. The monoisotopic (exact) mass is 287 g/mol. The highest BCUT2D eigenvalue weighted by Gasteiger charge is 2.11. The summed E-state index contributed by atoms with van der Waals surface area (Å²) < 4.78 is 13.4. The van der Waals surface area contributed by atoms with Crippen LogP contribution in [-0.2, 0) is 19.5 Å². The van der Waals surface area contributed by atoms with Crippen molar-refractivity contribution in [3.8, 4) is 11.5 Å². The molecule has 0 spiro atoms. The third kappa shape index (κ3) is 3.36. The quantitative estimate of drug-likeness (QED) is 0.883. The molecule has 0 fully saturated rings. The molecule has 0 radical (unpaired) electrons. The summed E-state index contributed by atoms with van der Waals surface area (Å²) in [4.78, 5) is 4.24. The molecule has 5 nitrogen and oxygen atoms in total. The van der Waals surface area contributed by atoms with E-state index in [9.17, 15) is 0 Å². The predicted octanol–water partition coefficient (Wildman–Crippen LogP) is 2.01. The van der Waals surface area contributed by atoms with Crippen LogP contribution in [0.1, 0.15) is 18.2 Å². The summed E-state index contributed by atoms with van der Waals surface area (Å²) in [7, 11) is 0. The number of hydrogen-bond donors (Lipinski definition) is 1. The number of nitrogens with one attached hydrogen (secondary N) is 1. The summed E-state index contributed by atoms with van der Waals surface area (Å²) in [5.74, 6) is 1.71. The summed E-state index contributed by atoms with van der Waals surface area (Å²) in [6.07, 6.45) is 4.77. The summed E-state index contributed by atoms with van der Waals surface area (Å²) in [6.45, 7) is 6.11. The molecule has 0 saturated heterocycles. The maximum absolute atomic E-state index is 5.62. The van der Waals surface area contributed by atoms with Crippen molar-refractivity contribution in [3.63, 3.8) is 0 Å². The lowest BCUT2D eigenvalue weighted by Crippen LogP contribution is -2.16. The molecule has 3 rings (SSSR count). The molecule has 0 atom stereocenters. The van der Waals surface area contributed by atoms with E-state index in [1.165, 1.54) is 11.3 Å². The van der Waals surface area contributed by atoms with Crippen LogP contribution >= 0.6 is 0 Å². The highest BCUT2D eigenvalue weighted by molar-refractivity contribution is 5.43. The average molecular weight is 287 g/mol. The van der Waals surface area contributed by atoms with Crippen molar-refractivity contribution in [1.29, 1.82) is 0 Å². The molecule has 0 aliphatic carbocycles. The first-order valence-electron chi connectivity index (χ1n) is 7.45. The van der Waals surface area contributed by atoms with Crippen molar-refractivity contribution in [2.75, 3.05) is 19.8 Å². The minimum atomic E-state index is 0.630. The second kappa shape index (κ2) is 6.63. The Morgan fingerprint density at radius 1 is 1.24 bits per heavy atom. The van der Waals surface area contributed by atoms with Gasteiger partial charge in [-0.3, -0.25) is 0 Å². The van der Waals surface area contributed by atoms with Gasteiger partial charge < -0.3 is 19.4 Å². The fraction of sp³-hybridized carbons (Fsp3) is 0.438. The zero-order chi connectivity index (χ0) is 14.5. The molecule has 21 heavy (non-hydrogen) atoms. The van der Waals surface area contributed by atoms with Crippen molar-refractivity contribution in [2.45, 2.75) is 26.4 Å². The SMILES string of the molecule is CCNCc1cncn1CCc1ccc2c(c1)OCCO2. The van der Waals surface area contributed by atoms with Crippen LogP contribution in [0.4, 0.5) is 0 Å². The maximum atomic E-state index is 5.62. The standard InChI is InChI=1S/C16H21N3O2/c1-2-17-10-14-11-18-12-19(14)6-5-13-3-4-15-16(9-13)21-8-7-20-15/h3-4,9,11-12,17H,2,5-8,10H2,1H3. The molecular weight excluding hydrogens is 266 g/mol. The van der Waals surface area contributed by atoms with E-state index in [2.05, 4.69) is 33.9 Å². The molecule has 2 aromatic rings. The summed E-state index contributed by atoms with van der Waals surface area (Å²) >= 11 is 0. The fourth-order valence-electron chi connectivity index (χ4n) is 2.44. The number of hydrogen-bond acceptors (Lipinski definition) is 4. The molecule has 1 aliphatic rings. The van der Waals surface area contributed by atoms with Gasteiger partial charge in [-0.2, -0.15) is 0 Å². The van der Waals surface area contributed by atoms with Gasteiger partial charge in [-0.05, 0) is 30.7 Å². The van der Waals surface area contributed by atoms with Gasteiger partial charge in [-0.15, -0.1) is 0 Å². The number of ether oxygens (including phenoxy) is 2. The van der Waals surface area contributed by atoms with E-state index in [1.807, 2.05) is 18.6 Å². The van der Waals surface area contributed by atoms with E-state index in [0.717, 1.165) is 37.6 Å². The Labute approximate surface area is 124 Å². The van der Waals surface area contributed by atoms with E-state index in [1.54, 1.807) is 0 Å². The van der Waals surface area contributed by atoms with Crippen molar-refractivity contribution < 1.29 is 9.47 Å². The fourth-order valence-corrected chi connectivity index (χ4v) is 2.44. The Morgan fingerprint density at radius 3 is 2.95 bits per heavy atom. The second-order valence-corrected chi connectivity index (χ2v) is 5.09. The molecule has 0 unspecified atom stereocenters. The maximum Gasteiger partial charge on any atom is 0.161 e. The van der Waals surface area contributed by atoms with Crippen LogP contribution in [0.25, 0.3) is 0 Å². The highest BCUT2D eigenvalue weighted by atomic mass is 16.6. The third-order valence-electron chi connectivity index (χ3n) is 3.60. The van der Waals surface area contributed by atoms with E-state index in [0.29, 0.717) is 13.2 Å². The number of imidazole rings is 1. The van der Waals surface area contributed by atoms with Crippen LogP contribution in [-0.4, -0.2) is 29.3 Å². The Kier molecular flexibility index (Phi) is 4.40. The van der Waals surface area contributed by atoms with Crippen LogP contribution < -0.4 is 14.8 Å². The zero-order valence-electron chi connectivity index (χ0n) is 12.3. The number of aryl methyl sites for hydroxylation is 2. The lowest BCUT2D eigenvalue weighted by molar-refractivity contribution is 0.171. The minimum absolute atomic E-state index is 0.630. The summed E-state index contributed by atoms with van der Waals surface area (Å²) in [5, 5.41) is 3.33. The lowest BCUT2D eigenvalue weighted by atomic mass is 10.1. The zero-order valence-corrected chi connectivity index (χ0v) is 12.3. The van der Waals surface area contributed by atoms with Gasteiger partial charge in [0.25, 0.3) is 0 Å². The largest absolute Gasteiger partial charge is 0.486 e. The van der Waals surface area contributed by atoms with Gasteiger partial charge in [0.05, 0.1) is 12.0 Å². The Hall–Kier alpha value is -2.01. The van der Waals surface area contributed by atoms with Gasteiger partial charge in [-0.25, -0.2) is 4.98 Å². The van der Waals surface area contributed by atoms with E-state index >= 15 is 0 Å². The van der Waals surface area contributed by atoms with Crippen molar-refractivity contribution >= 4 is 0 Å². The summed E-state index contributed by atoms with van der Waals surface area (Å²) in [5.41, 5.74) is 2.47. The van der Waals surface area contributed by atoms with Crippen LogP contribution in [0.2, 0.25) is 0 Å². The van der Waals surface area contributed by atoms with Crippen LogP contribution in [0, 0.1) is 0 Å². The van der Waals surface area contributed by atoms with Gasteiger partial charge in [-0.1, -0.05) is 13.0 Å². The normalized spacial score (nSPS) is 13.4. The Bertz CT molecular complexity index is 595. The van der Waals surface area contributed by atoms with Gasteiger partial charge in [0.2, 0.25) is 0 Å². The lowest BCUT2D eigenvalue weighted by Gasteiger charge is -2.19. The molecule has 0 saturated carbocycles. The number of nitrogens with zero attached hydrogens (tertiary/aromatic N) is 2. The van der Waals surface area contributed by atoms with E-state index in [-0.39, 0.29) is 0 Å². The minimum Gasteiger partial charge on any atom is -0.486 e. The van der Waals surface area contributed by atoms with Crippen LogP contribution in [0.3, 0.4) is 0 Å². The molecule has 1 aromatic carbocycles. The molecule has 2 heterocycles. The molecule has 0 bridgehead atoms. The van der Waals surface area contributed by atoms with Crippen LogP contribution in [0.5, 0.6) is 11.5 Å². The first-order chi connectivity index (χ1) is 10.4. The summed E-state index contributed by atoms with van der Waals surface area (Å²) in [6, 6.07) is 6.18. The molecule has 1 N–H and O–H groups in total. The number of fused-ring (bicyclic) bond motifs is 1. The molecule has 5 heteroatoms. The average Bonchev–Trinajstić information content (AvgIpc) is 2.98. The molecule has 1 aromatic heterocycles. The van der Waals surface area contributed by atoms with Crippen molar-refractivity contribution in [1.82, 2.24) is 14.9 Å². The second-order valence-electron chi connectivity index (χ2n) is 5.09. The Morgan fingerprint density at radius 2 is 2.10 bits per heavy atom. The smallest absolute Gasteiger partial charge is 0.161 e. The molecule has 0 amide bonds. The van der Waals surface area contributed by atoms with Gasteiger partial charge in [0, 0.05) is 19.3 Å². The van der Waals surface area contributed by atoms with E-state index in [4.69, 9.17) is 9.47 Å². The molecule has 1 aliphatic heterocycles. The van der Waals surface area contributed by atoms with Gasteiger partial charge in [0.15, 0.2) is 11.5 Å². The number of rotatable bonds is 6. The topological polar surface area (TPSA) is 48.3 Å². The van der Waals surface area contributed by atoms with Gasteiger partial charge in [0.1, 0.15) is 13.2 Å².